The molecule has 0 amide bonds. The second-order valence-corrected chi connectivity index (χ2v) is 7.07. The molecule has 5 rings (SSSR count). The average molecular weight is 408 g/mol. The normalized spacial score (nSPS) is 13.4. The van der Waals surface area contributed by atoms with E-state index in [1.54, 1.807) is 67.6 Å². The number of carbonyl (C=O) groups excluding carboxylic acids is 1. The van der Waals surface area contributed by atoms with Crippen LogP contribution in [-0.4, -0.2) is 31.6 Å². The van der Waals surface area contributed by atoms with E-state index in [-0.39, 0.29) is 22.7 Å². The van der Waals surface area contributed by atoms with E-state index in [1.165, 1.54) is 10.8 Å². The van der Waals surface area contributed by atoms with Gasteiger partial charge in [0.05, 0.1) is 16.5 Å². The van der Waals surface area contributed by atoms with E-state index >= 15 is 0 Å². The summed E-state index contributed by atoms with van der Waals surface area (Å²) < 4.78 is 1.43. The molecule has 0 saturated carbocycles. The maximum absolute atomic E-state index is 13.0. The fraction of sp³-hybridized carbons (Fsp3) is 0.0417. The summed E-state index contributed by atoms with van der Waals surface area (Å²) in [4.78, 5) is 38.8. The molecule has 0 aliphatic heterocycles. The van der Waals surface area contributed by atoms with E-state index in [2.05, 4.69) is 15.0 Å². The van der Waals surface area contributed by atoms with Gasteiger partial charge in [-0.2, -0.15) is 0 Å². The number of aliphatic imine (C=N–C) groups is 1. The maximum atomic E-state index is 13.0. The molecule has 2 aromatic heterocycles. The minimum atomic E-state index is -0.293. The number of nitrogens with zero attached hydrogens (tertiary/aromatic N) is 4. The van der Waals surface area contributed by atoms with Crippen LogP contribution in [0.25, 0.3) is 22.5 Å². The van der Waals surface area contributed by atoms with Crippen LogP contribution in [0.4, 0.5) is 5.82 Å². The Balaban J connectivity index is 1.54. The topological polar surface area (TPSA) is 97.4 Å². The summed E-state index contributed by atoms with van der Waals surface area (Å²) in [5.41, 5.74) is 1.43. The first-order valence-electron chi connectivity index (χ1n) is 9.62. The number of pyridine rings is 1. The highest BCUT2D eigenvalue weighted by Gasteiger charge is 2.28. The Labute approximate surface area is 176 Å². The molecule has 1 aliphatic rings. The molecule has 1 N–H and O–H groups in total. The van der Waals surface area contributed by atoms with Crippen molar-refractivity contribution in [3.63, 3.8) is 0 Å². The molecule has 0 fully saturated rings. The number of ketones is 1. The number of hydrogen-bond acceptors (Lipinski definition) is 6. The van der Waals surface area contributed by atoms with Crippen LogP contribution in [0.1, 0.15) is 21.7 Å². The molecule has 0 radical (unpaired) electrons. The van der Waals surface area contributed by atoms with Gasteiger partial charge in [-0.15, -0.1) is 0 Å². The number of aryl methyl sites for hydroxylation is 1. The maximum Gasteiger partial charge on any atom is 0.267 e. The third-order valence-corrected chi connectivity index (χ3v) is 5.14. The number of aromatic nitrogens is 3. The van der Waals surface area contributed by atoms with Crippen molar-refractivity contribution in [2.24, 2.45) is 4.99 Å². The smallest absolute Gasteiger partial charge is 0.267 e. The van der Waals surface area contributed by atoms with Gasteiger partial charge in [0, 0.05) is 17.3 Å². The minimum absolute atomic E-state index is 0.105. The number of fused-ring (bicyclic) bond motifs is 2. The second-order valence-electron chi connectivity index (χ2n) is 7.07. The second kappa shape index (κ2) is 7.14. The van der Waals surface area contributed by atoms with Crippen molar-refractivity contribution in [1.29, 1.82) is 0 Å². The van der Waals surface area contributed by atoms with E-state index in [1.807, 2.05) is 6.07 Å². The average Bonchev–Trinajstić information content (AvgIpc) is 3.03. The van der Waals surface area contributed by atoms with Gasteiger partial charge < -0.3 is 5.11 Å². The van der Waals surface area contributed by atoms with Gasteiger partial charge in [-0.25, -0.2) is 19.5 Å². The quantitative estimate of drug-likeness (QED) is 0.518. The van der Waals surface area contributed by atoms with Gasteiger partial charge in [-0.3, -0.25) is 9.59 Å². The molecule has 4 aromatic rings. The number of aliphatic hydroxyl groups is 1. The summed E-state index contributed by atoms with van der Waals surface area (Å²) in [6.07, 6.45) is 1.30. The summed E-state index contributed by atoms with van der Waals surface area (Å²) in [5, 5.41) is 10.9. The zero-order valence-corrected chi connectivity index (χ0v) is 16.5. The number of carbonyl (C=O) groups is 1. The summed E-state index contributed by atoms with van der Waals surface area (Å²) in [6.45, 7) is 1.74. The van der Waals surface area contributed by atoms with Crippen molar-refractivity contribution in [3.05, 3.63) is 99.6 Å². The number of hydrogen-bond donors (Lipinski definition) is 1. The highest BCUT2D eigenvalue weighted by atomic mass is 16.3. The van der Waals surface area contributed by atoms with E-state index in [9.17, 15) is 14.7 Å². The van der Waals surface area contributed by atoms with Crippen molar-refractivity contribution in [3.8, 4) is 5.82 Å². The molecule has 0 unspecified atom stereocenters. The van der Waals surface area contributed by atoms with Crippen molar-refractivity contribution < 1.29 is 9.90 Å². The van der Waals surface area contributed by atoms with Crippen LogP contribution in [0, 0.1) is 6.92 Å². The SMILES string of the molecule is Cc1nc2ccccc2c(=O)n1-c1cccc(N=CC2=C(O)c3ccccc3C2=O)n1. The molecular weight excluding hydrogens is 392 g/mol. The molecule has 0 saturated heterocycles. The number of allylic oxidation sites excluding steroid dienone is 1. The highest BCUT2D eigenvalue weighted by molar-refractivity contribution is 6.30. The number of aliphatic hydroxyl groups excluding tert-OH is 1. The fourth-order valence-electron chi connectivity index (χ4n) is 3.66. The monoisotopic (exact) mass is 408 g/mol. The van der Waals surface area contributed by atoms with Crippen LogP contribution in [0.15, 0.2) is 82.1 Å². The van der Waals surface area contributed by atoms with Gasteiger partial charge in [0.15, 0.2) is 11.6 Å². The van der Waals surface area contributed by atoms with Crippen LogP contribution < -0.4 is 5.56 Å². The summed E-state index contributed by atoms with van der Waals surface area (Å²) >= 11 is 0. The lowest BCUT2D eigenvalue weighted by Gasteiger charge is -2.10. The van der Waals surface area contributed by atoms with Gasteiger partial charge in [0.2, 0.25) is 0 Å². The van der Waals surface area contributed by atoms with Crippen molar-refractivity contribution in [2.45, 2.75) is 6.92 Å². The first-order chi connectivity index (χ1) is 15.0. The largest absolute Gasteiger partial charge is 0.506 e. The Morgan fingerprint density at radius 3 is 2.45 bits per heavy atom. The molecule has 1 aliphatic carbocycles. The predicted molar refractivity (Wildman–Crippen MR) is 118 cm³/mol. The molecule has 2 aromatic carbocycles. The van der Waals surface area contributed by atoms with Crippen molar-refractivity contribution in [2.75, 3.05) is 0 Å². The van der Waals surface area contributed by atoms with E-state index in [0.29, 0.717) is 39.5 Å². The molecule has 150 valence electrons. The minimum Gasteiger partial charge on any atom is -0.506 e. The van der Waals surface area contributed by atoms with Gasteiger partial charge in [-0.1, -0.05) is 42.5 Å². The van der Waals surface area contributed by atoms with Crippen LogP contribution in [0.2, 0.25) is 0 Å². The third-order valence-electron chi connectivity index (χ3n) is 5.14. The zero-order chi connectivity index (χ0) is 21.5. The molecule has 0 bridgehead atoms. The molecule has 2 heterocycles. The first-order valence-corrected chi connectivity index (χ1v) is 9.62. The number of Topliss-reactive ketones (excluding diaryl/α,β-unsaturated/α-hetero) is 1. The fourth-order valence-corrected chi connectivity index (χ4v) is 3.66. The molecule has 0 spiro atoms. The van der Waals surface area contributed by atoms with Crippen LogP contribution in [0.5, 0.6) is 0 Å². The van der Waals surface area contributed by atoms with Gasteiger partial charge in [0.25, 0.3) is 5.56 Å². The molecule has 31 heavy (non-hydrogen) atoms. The van der Waals surface area contributed by atoms with Gasteiger partial charge in [-0.05, 0) is 31.2 Å². The summed E-state index contributed by atoms with van der Waals surface area (Å²) in [7, 11) is 0. The molecule has 7 nitrogen and oxygen atoms in total. The lowest BCUT2D eigenvalue weighted by atomic mass is 10.1. The third kappa shape index (κ3) is 3.03. The Morgan fingerprint density at radius 2 is 1.65 bits per heavy atom. The highest BCUT2D eigenvalue weighted by Crippen LogP contribution is 2.30. The Kier molecular flexibility index (Phi) is 4.29. The van der Waals surface area contributed by atoms with E-state index < -0.39 is 0 Å². The van der Waals surface area contributed by atoms with Gasteiger partial charge >= 0.3 is 0 Å². The molecule has 0 atom stereocenters. The number of para-hydroxylation sites is 1. The number of rotatable bonds is 3. The Morgan fingerprint density at radius 1 is 0.903 bits per heavy atom. The Bertz CT molecular complexity index is 1500. The van der Waals surface area contributed by atoms with Crippen molar-refractivity contribution in [1.82, 2.24) is 14.5 Å². The number of benzene rings is 2. The summed E-state index contributed by atoms with van der Waals surface area (Å²) in [6, 6.07) is 19.0. The lowest BCUT2D eigenvalue weighted by Crippen LogP contribution is -2.23. The zero-order valence-electron chi connectivity index (χ0n) is 16.5. The van der Waals surface area contributed by atoms with Crippen LogP contribution in [-0.2, 0) is 0 Å². The van der Waals surface area contributed by atoms with E-state index in [0.717, 1.165) is 0 Å². The Hall–Kier alpha value is -4.39. The predicted octanol–water partition coefficient (Wildman–Crippen LogP) is 3.96. The van der Waals surface area contributed by atoms with Crippen molar-refractivity contribution >= 4 is 34.5 Å². The van der Waals surface area contributed by atoms with Crippen LogP contribution >= 0.6 is 0 Å². The summed E-state index contributed by atoms with van der Waals surface area (Å²) in [5.74, 6) is 0.764. The van der Waals surface area contributed by atoms with Gasteiger partial charge in [0.1, 0.15) is 17.4 Å². The molecule has 7 heteroatoms. The molecular formula is C24H16N4O3. The lowest BCUT2D eigenvalue weighted by molar-refractivity contribution is 0.104. The van der Waals surface area contributed by atoms with E-state index in [4.69, 9.17) is 0 Å². The first kappa shape index (κ1) is 18.6. The van der Waals surface area contributed by atoms with Crippen LogP contribution in [0.3, 0.4) is 0 Å². The standard InChI is InChI=1S/C24H16N4O3/c1-14-26-19-10-5-4-9-17(19)24(31)28(14)21-12-6-11-20(27-21)25-13-18-22(29)15-7-2-3-8-16(15)23(18)30/h2-13,29H,1H3.